The fourth-order valence-electron chi connectivity index (χ4n) is 2.16. The van der Waals surface area contributed by atoms with Gasteiger partial charge in [-0.05, 0) is 6.92 Å². The predicted octanol–water partition coefficient (Wildman–Crippen LogP) is 0.372. The third-order valence-electron chi connectivity index (χ3n) is 3.09. The Bertz CT molecular complexity index is 188. The maximum absolute atomic E-state index is 5.54. The fraction of sp³-hybridized carbons (Fsp3) is 1.00. The van der Waals surface area contributed by atoms with Crippen LogP contribution in [0.3, 0.4) is 0 Å². The van der Waals surface area contributed by atoms with E-state index in [4.69, 9.17) is 14.2 Å². The van der Waals surface area contributed by atoms with Gasteiger partial charge in [0.1, 0.15) is 0 Å². The monoisotopic (exact) mass is 215 g/mol. The Kier molecular flexibility index (Phi) is 3.97. The lowest BCUT2D eigenvalue weighted by Crippen LogP contribution is -2.55. The molecule has 0 saturated carbocycles. The Labute approximate surface area is 91.5 Å². The molecule has 88 valence electrons. The SMILES string of the molecule is CCOCC1(CN2CCOCC2)COC1. The fourth-order valence-corrected chi connectivity index (χ4v) is 2.16. The van der Waals surface area contributed by atoms with E-state index in [2.05, 4.69) is 4.90 Å². The molecule has 0 atom stereocenters. The van der Waals surface area contributed by atoms with E-state index in [1.54, 1.807) is 0 Å². The summed E-state index contributed by atoms with van der Waals surface area (Å²) in [6.07, 6.45) is 0. The van der Waals surface area contributed by atoms with E-state index in [1.165, 1.54) is 0 Å². The number of ether oxygens (including phenoxy) is 3. The molecule has 2 saturated heterocycles. The molecule has 15 heavy (non-hydrogen) atoms. The van der Waals surface area contributed by atoms with Crippen molar-refractivity contribution in [3.63, 3.8) is 0 Å². The molecule has 0 N–H and O–H groups in total. The van der Waals surface area contributed by atoms with Crippen molar-refractivity contribution >= 4 is 0 Å². The van der Waals surface area contributed by atoms with E-state index in [9.17, 15) is 0 Å². The predicted molar refractivity (Wildman–Crippen MR) is 57.0 cm³/mol. The number of rotatable bonds is 5. The van der Waals surface area contributed by atoms with Crippen molar-refractivity contribution in [1.29, 1.82) is 0 Å². The smallest absolute Gasteiger partial charge is 0.0594 e. The van der Waals surface area contributed by atoms with Crippen LogP contribution in [0.25, 0.3) is 0 Å². The third kappa shape index (κ3) is 2.91. The van der Waals surface area contributed by atoms with Crippen LogP contribution in [-0.4, -0.2) is 64.2 Å². The molecule has 0 aromatic rings. The quantitative estimate of drug-likeness (QED) is 0.663. The normalized spacial score (nSPS) is 26.2. The van der Waals surface area contributed by atoms with E-state index in [0.29, 0.717) is 0 Å². The molecular weight excluding hydrogens is 194 g/mol. The summed E-state index contributed by atoms with van der Waals surface area (Å²) in [4.78, 5) is 2.46. The summed E-state index contributed by atoms with van der Waals surface area (Å²) in [6, 6.07) is 0. The van der Waals surface area contributed by atoms with Gasteiger partial charge in [-0.3, -0.25) is 4.90 Å². The largest absolute Gasteiger partial charge is 0.381 e. The van der Waals surface area contributed by atoms with Crippen LogP contribution in [0.15, 0.2) is 0 Å². The highest BCUT2D eigenvalue weighted by Gasteiger charge is 2.40. The van der Waals surface area contributed by atoms with Crippen LogP contribution in [0.5, 0.6) is 0 Å². The summed E-state index contributed by atoms with van der Waals surface area (Å²) in [5.74, 6) is 0. The summed E-state index contributed by atoms with van der Waals surface area (Å²) in [5, 5.41) is 0. The van der Waals surface area contributed by atoms with E-state index in [-0.39, 0.29) is 5.41 Å². The van der Waals surface area contributed by atoms with Crippen LogP contribution in [0, 0.1) is 5.41 Å². The van der Waals surface area contributed by atoms with Crippen molar-refractivity contribution in [3.8, 4) is 0 Å². The molecular formula is C11H21NO3. The average molecular weight is 215 g/mol. The van der Waals surface area contributed by atoms with Crippen LogP contribution in [0.1, 0.15) is 6.92 Å². The van der Waals surface area contributed by atoms with Crippen LogP contribution in [0.2, 0.25) is 0 Å². The summed E-state index contributed by atoms with van der Waals surface area (Å²) in [5.41, 5.74) is 0.257. The summed E-state index contributed by atoms with van der Waals surface area (Å²) >= 11 is 0. The molecule has 0 amide bonds. The number of nitrogens with zero attached hydrogens (tertiary/aromatic N) is 1. The second-order valence-corrected chi connectivity index (χ2v) is 4.52. The lowest BCUT2D eigenvalue weighted by Gasteiger charge is -2.45. The molecule has 2 rings (SSSR count). The van der Waals surface area contributed by atoms with Gasteiger partial charge in [0.25, 0.3) is 0 Å². The molecule has 0 spiro atoms. The molecule has 4 nitrogen and oxygen atoms in total. The van der Waals surface area contributed by atoms with Gasteiger partial charge < -0.3 is 14.2 Å². The average Bonchev–Trinajstić information content (AvgIpc) is 2.23. The zero-order valence-corrected chi connectivity index (χ0v) is 9.54. The Morgan fingerprint density at radius 3 is 2.47 bits per heavy atom. The van der Waals surface area contributed by atoms with Gasteiger partial charge in [0.2, 0.25) is 0 Å². The van der Waals surface area contributed by atoms with Gasteiger partial charge in [-0.15, -0.1) is 0 Å². The van der Waals surface area contributed by atoms with Gasteiger partial charge in [-0.25, -0.2) is 0 Å². The first-order valence-corrected chi connectivity index (χ1v) is 5.80. The van der Waals surface area contributed by atoms with Crippen LogP contribution < -0.4 is 0 Å². The second kappa shape index (κ2) is 5.25. The van der Waals surface area contributed by atoms with Crippen LogP contribution in [-0.2, 0) is 14.2 Å². The van der Waals surface area contributed by atoms with Crippen molar-refractivity contribution in [2.75, 3.05) is 59.3 Å². The highest BCUT2D eigenvalue weighted by Crippen LogP contribution is 2.29. The standard InChI is InChI=1S/C11H21NO3/c1-2-13-8-11(9-15-10-11)7-12-3-5-14-6-4-12/h2-10H2,1H3. The Morgan fingerprint density at radius 2 is 1.93 bits per heavy atom. The van der Waals surface area contributed by atoms with E-state index in [0.717, 1.165) is 59.3 Å². The topological polar surface area (TPSA) is 30.9 Å². The molecule has 0 radical (unpaired) electrons. The van der Waals surface area contributed by atoms with Gasteiger partial charge >= 0.3 is 0 Å². The molecule has 4 heteroatoms. The van der Waals surface area contributed by atoms with Crippen molar-refractivity contribution in [3.05, 3.63) is 0 Å². The third-order valence-corrected chi connectivity index (χ3v) is 3.09. The van der Waals surface area contributed by atoms with Gasteiger partial charge in [0, 0.05) is 26.2 Å². The van der Waals surface area contributed by atoms with Gasteiger partial charge in [0.15, 0.2) is 0 Å². The molecule has 2 aliphatic rings. The summed E-state index contributed by atoms with van der Waals surface area (Å²) < 4.78 is 16.2. The van der Waals surface area contributed by atoms with Crippen molar-refractivity contribution in [2.24, 2.45) is 5.41 Å². The number of hydrogen-bond acceptors (Lipinski definition) is 4. The molecule has 0 bridgehead atoms. The van der Waals surface area contributed by atoms with Gasteiger partial charge in [0.05, 0.1) is 38.4 Å². The van der Waals surface area contributed by atoms with E-state index < -0.39 is 0 Å². The number of hydrogen-bond donors (Lipinski definition) is 0. The zero-order valence-electron chi connectivity index (χ0n) is 9.54. The molecule has 0 aliphatic carbocycles. The number of morpholine rings is 1. The molecule has 2 heterocycles. The highest BCUT2D eigenvalue weighted by molar-refractivity contribution is 4.89. The first kappa shape index (κ1) is 11.3. The molecule has 0 aromatic heterocycles. The summed E-state index contributed by atoms with van der Waals surface area (Å²) in [7, 11) is 0. The molecule has 0 unspecified atom stereocenters. The maximum atomic E-state index is 5.54. The van der Waals surface area contributed by atoms with Gasteiger partial charge in [-0.2, -0.15) is 0 Å². The Hall–Kier alpha value is -0.160. The zero-order chi connectivity index (χ0) is 10.6. The minimum Gasteiger partial charge on any atom is -0.381 e. The van der Waals surface area contributed by atoms with Crippen molar-refractivity contribution in [1.82, 2.24) is 4.90 Å². The van der Waals surface area contributed by atoms with E-state index in [1.807, 2.05) is 6.92 Å². The van der Waals surface area contributed by atoms with Crippen molar-refractivity contribution < 1.29 is 14.2 Å². The minimum atomic E-state index is 0.257. The van der Waals surface area contributed by atoms with Crippen LogP contribution >= 0.6 is 0 Å². The first-order valence-electron chi connectivity index (χ1n) is 5.80. The molecule has 0 aromatic carbocycles. The summed E-state index contributed by atoms with van der Waals surface area (Å²) in [6.45, 7) is 10.3. The Morgan fingerprint density at radius 1 is 1.20 bits per heavy atom. The minimum absolute atomic E-state index is 0.257. The molecule has 2 aliphatic heterocycles. The lowest BCUT2D eigenvalue weighted by molar-refractivity contribution is -0.162. The lowest BCUT2D eigenvalue weighted by atomic mass is 9.86. The van der Waals surface area contributed by atoms with E-state index >= 15 is 0 Å². The highest BCUT2D eigenvalue weighted by atomic mass is 16.5. The van der Waals surface area contributed by atoms with Gasteiger partial charge in [-0.1, -0.05) is 0 Å². The second-order valence-electron chi connectivity index (χ2n) is 4.52. The van der Waals surface area contributed by atoms with Crippen LogP contribution in [0.4, 0.5) is 0 Å². The first-order chi connectivity index (χ1) is 7.35. The van der Waals surface area contributed by atoms with Crippen molar-refractivity contribution in [2.45, 2.75) is 6.92 Å². The maximum Gasteiger partial charge on any atom is 0.0594 e. The molecule has 2 fully saturated rings. The Balaban J connectivity index is 1.78.